The highest BCUT2D eigenvalue weighted by Gasteiger charge is 2.09. The number of benzene rings is 1. The maximum absolute atomic E-state index is 4.34. The summed E-state index contributed by atoms with van der Waals surface area (Å²) in [6, 6.07) is 14.9. The Hall–Kier alpha value is -2.16. The summed E-state index contributed by atoms with van der Waals surface area (Å²) in [7, 11) is 1.79. The van der Waals surface area contributed by atoms with Gasteiger partial charge < -0.3 is 10.6 Å². The van der Waals surface area contributed by atoms with Crippen LogP contribution in [0.2, 0.25) is 0 Å². The minimum absolute atomic E-state index is 0. The zero-order valence-corrected chi connectivity index (χ0v) is 19.9. The van der Waals surface area contributed by atoms with E-state index in [4.69, 9.17) is 0 Å². The van der Waals surface area contributed by atoms with Gasteiger partial charge in [-0.1, -0.05) is 44.2 Å². The Morgan fingerprint density at radius 3 is 2.52 bits per heavy atom. The van der Waals surface area contributed by atoms with E-state index in [1.165, 1.54) is 11.1 Å². The smallest absolute Gasteiger partial charge is 0.191 e. The van der Waals surface area contributed by atoms with Gasteiger partial charge in [0.25, 0.3) is 0 Å². The molecule has 0 fully saturated rings. The molecule has 156 valence electrons. The molecule has 0 bridgehead atoms. The van der Waals surface area contributed by atoms with Crippen LogP contribution in [0, 0.1) is 5.92 Å². The zero-order chi connectivity index (χ0) is 19.9. The molecule has 1 atom stereocenters. The maximum atomic E-state index is 4.34. The first-order valence-corrected chi connectivity index (χ1v) is 9.91. The fourth-order valence-electron chi connectivity index (χ4n) is 3.25. The lowest BCUT2D eigenvalue weighted by atomic mass is 10.00. The predicted molar refractivity (Wildman–Crippen MR) is 130 cm³/mol. The molecule has 3 aromatic rings. The third-order valence-electron chi connectivity index (χ3n) is 4.73. The molecule has 2 heterocycles. The molecule has 0 aliphatic heterocycles. The number of aromatic nitrogens is 3. The maximum Gasteiger partial charge on any atom is 0.191 e. The number of halogens is 1. The second kappa shape index (κ2) is 11.1. The second-order valence-corrected chi connectivity index (χ2v) is 7.50. The van der Waals surface area contributed by atoms with Gasteiger partial charge in [-0.25, -0.2) is 0 Å². The van der Waals surface area contributed by atoms with Crippen molar-refractivity contribution in [2.75, 3.05) is 13.6 Å². The van der Waals surface area contributed by atoms with Crippen LogP contribution in [-0.2, 0) is 12.8 Å². The Bertz CT molecular complexity index is 916. The highest BCUT2D eigenvalue weighted by atomic mass is 127. The van der Waals surface area contributed by atoms with E-state index in [2.05, 4.69) is 70.9 Å². The van der Waals surface area contributed by atoms with Crippen LogP contribution in [0.5, 0.6) is 0 Å². The number of aliphatic imine (C=N–C) groups is 1. The summed E-state index contributed by atoms with van der Waals surface area (Å²) >= 11 is 0. The molecule has 0 spiro atoms. The average molecular weight is 506 g/mol. The van der Waals surface area contributed by atoms with Crippen LogP contribution < -0.4 is 10.6 Å². The van der Waals surface area contributed by atoms with Crippen molar-refractivity contribution in [3.8, 4) is 0 Å². The van der Waals surface area contributed by atoms with Crippen molar-refractivity contribution in [1.82, 2.24) is 25.2 Å². The average Bonchev–Trinajstić information content (AvgIpc) is 3.10. The van der Waals surface area contributed by atoms with Crippen molar-refractivity contribution in [2.45, 2.75) is 39.7 Å². The van der Waals surface area contributed by atoms with E-state index in [0.717, 1.165) is 36.8 Å². The molecule has 2 aromatic heterocycles. The van der Waals surface area contributed by atoms with E-state index in [1.807, 2.05) is 28.8 Å². The number of guanidine groups is 1. The Morgan fingerprint density at radius 1 is 1.07 bits per heavy atom. The van der Waals surface area contributed by atoms with Gasteiger partial charge in [0.05, 0.1) is 6.04 Å². The number of hydrogen-bond acceptors (Lipinski definition) is 3. The van der Waals surface area contributed by atoms with Gasteiger partial charge in [-0.05, 0) is 42.5 Å². The molecule has 0 aliphatic rings. The van der Waals surface area contributed by atoms with Gasteiger partial charge in [0.1, 0.15) is 5.82 Å². The molecule has 29 heavy (non-hydrogen) atoms. The van der Waals surface area contributed by atoms with E-state index in [0.29, 0.717) is 5.92 Å². The largest absolute Gasteiger partial charge is 0.356 e. The Labute approximate surface area is 190 Å². The minimum Gasteiger partial charge on any atom is -0.356 e. The fraction of sp³-hybridized carbons (Fsp3) is 0.409. The Morgan fingerprint density at radius 2 is 1.83 bits per heavy atom. The number of nitrogens with one attached hydrogen (secondary N) is 2. The van der Waals surface area contributed by atoms with Crippen LogP contribution in [0.1, 0.15) is 43.8 Å². The van der Waals surface area contributed by atoms with E-state index in [1.54, 1.807) is 7.05 Å². The molecular formula is C22H31IN6. The lowest BCUT2D eigenvalue weighted by molar-refractivity contribution is 0.645. The fourth-order valence-corrected chi connectivity index (χ4v) is 3.25. The lowest BCUT2D eigenvalue weighted by Gasteiger charge is -2.18. The number of nitrogens with zero attached hydrogens (tertiary/aromatic N) is 4. The van der Waals surface area contributed by atoms with E-state index in [-0.39, 0.29) is 30.0 Å². The van der Waals surface area contributed by atoms with Gasteiger partial charge in [-0.2, -0.15) is 0 Å². The predicted octanol–water partition coefficient (Wildman–Crippen LogP) is 4.01. The highest BCUT2D eigenvalue weighted by Crippen LogP contribution is 2.15. The van der Waals surface area contributed by atoms with Crippen LogP contribution in [-0.4, -0.2) is 34.2 Å². The van der Waals surface area contributed by atoms with Crippen molar-refractivity contribution in [2.24, 2.45) is 10.9 Å². The number of pyridine rings is 1. The van der Waals surface area contributed by atoms with Gasteiger partial charge in [0, 0.05) is 26.2 Å². The SMILES string of the molecule is CN=C(NCCc1nnc2ccccn12)NC(C)c1ccc(CC(C)C)cc1.I. The molecule has 6 nitrogen and oxygen atoms in total. The van der Waals surface area contributed by atoms with Gasteiger partial charge in [0.15, 0.2) is 11.6 Å². The number of hydrogen-bond donors (Lipinski definition) is 2. The monoisotopic (exact) mass is 506 g/mol. The van der Waals surface area contributed by atoms with Crippen LogP contribution in [0.15, 0.2) is 53.7 Å². The van der Waals surface area contributed by atoms with Gasteiger partial charge in [-0.15, -0.1) is 34.2 Å². The number of rotatable bonds is 7. The standard InChI is InChI=1S/C22H30N6.HI/c1-16(2)15-18-8-10-19(11-9-18)17(3)25-22(23-4)24-13-12-21-27-26-20-7-5-6-14-28(20)21;/h5-11,14,16-17H,12-13,15H2,1-4H3,(H2,23,24,25);1H. The van der Waals surface area contributed by atoms with Crippen molar-refractivity contribution >= 4 is 35.6 Å². The Kier molecular flexibility index (Phi) is 8.88. The molecule has 0 amide bonds. The second-order valence-electron chi connectivity index (χ2n) is 7.50. The van der Waals surface area contributed by atoms with Crippen LogP contribution in [0.25, 0.3) is 5.65 Å². The van der Waals surface area contributed by atoms with E-state index < -0.39 is 0 Å². The molecule has 0 saturated carbocycles. The van der Waals surface area contributed by atoms with Crippen molar-refractivity contribution in [3.63, 3.8) is 0 Å². The molecule has 0 saturated heterocycles. The third kappa shape index (κ3) is 6.42. The third-order valence-corrected chi connectivity index (χ3v) is 4.73. The normalized spacial score (nSPS) is 12.7. The summed E-state index contributed by atoms with van der Waals surface area (Å²) in [6.07, 6.45) is 3.87. The first kappa shape index (κ1) is 23.1. The molecule has 1 unspecified atom stereocenters. The molecule has 0 aliphatic carbocycles. The summed E-state index contributed by atoms with van der Waals surface area (Å²) in [5.41, 5.74) is 3.50. The number of fused-ring (bicyclic) bond motifs is 1. The summed E-state index contributed by atoms with van der Waals surface area (Å²) in [4.78, 5) is 4.34. The zero-order valence-electron chi connectivity index (χ0n) is 17.6. The molecule has 3 rings (SSSR count). The molecule has 2 N–H and O–H groups in total. The summed E-state index contributed by atoms with van der Waals surface area (Å²) in [5, 5.41) is 15.3. The minimum atomic E-state index is 0. The van der Waals surface area contributed by atoms with Gasteiger partial charge in [-0.3, -0.25) is 9.39 Å². The molecule has 7 heteroatoms. The van der Waals surface area contributed by atoms with Gasteiger partial charge in [0.2, 0.25) is 0 Å². The van der Waals surface area contributed by atoms with E-state index >= 15 is 0 Å². The van der Waals surface area contributed by atoms with Crippen LogP contribution >= 0.6 is 24.0 Å². The summed E-state index contributed by atoms with van der Waals surface area (Å²) < 4.78 is 2.01. The quantitative estimate of drug-likeness (QED) is 0.289. The molecule has 1 aromatic carbocycles. The first-order valence-electron chi connectivity index (χ1n) is 9.91. The Balaban J connectivity index is 0.00000300. The van der Waals surface area contributed by atoms with E-state index in [9.17, 15) is 0 Å². The first-order chi connectivity index (χ1) is 13.6. The highest BCUT2D eigenvalue weighted by molar-refractivity contribution is 14.0. The summed E-state index contributed by atoms with van der Waals surface area (Å²) in [5.74, 6) is 2.40. The van der Waals surface area contributed by atoms with Crippen molar-refractivity contribution in [1.29, 1.82) is 0 Å². The van der Waals surface area contributed by atoms with Gasteiger partial charge >= 0.3 is 0 Å². The lowest BCUT2D eigenvalue weighted by Crippen LogP contribution is -2.39. The summed E-state index contributed by atoms with van der Waals surface area (Å²) in [6.45, 7) is 7.37. The van der Waals surface area contributed by atoms with Crippen LogP contribution in [0.3, 0.4) is 0 Å². The molecule has 0 radical (unpaired) electrons. The molecular weight excluding hydrogens is 475 g/mol. The van der Waals surface area contributed by atoms with Crippen molar-refractivity contribution in [3.05, 3.63) is 65.6 Å². The topological polar surface area (TPSA) is 66.6 Å². The van der Waals surface area contributed by atoms with Crippen molar-refractivity contribution < 1.29 is 0 Å². The van der Waals surface area contributed by atoms with Crippen LogP contribution in [0.4, 0.5) is 0 Å².